The van der Waals surface area contributed by atoms with Gasteiger partial charge in [-0.1, -0.05) is 0 Å². The molecule has 0 aromatic carbocycles. The largest absolute Gasteiger partial charge is 0.387 e. The fourth-order valence-electron chi connectivity index (χ4n) is 2.09. The van der Waals surface area contributed by atoms with E-state index in [-0.39, 0.29) is 19.3 Å². The zero-order chi connectivity index (χ0) is 15.6. The summed E-state index contributed by atoms with van der Waals surface area (Å²) in [6, 6.07) is 0.968. The Morgan fingerprint density at radius 1 is 1.48 bits per heavy atom. The van der Waals surface area contributed by atoms with Gasteiger partial charge < -0.3 is 25.4 Å². The van der Waals surface area contributed by atoms with E-state index in [1.807, 2.05) is 0 Å². The lowest BCUT2D eigenvalue weighted by molar-refractivity contribution is -0.0692. The van der Waals surface area contributed by atoms with E-state index < -0.39 is 35.8 Å². The van der Waals surface area contributed by atoms with E-state index in [2.05, 4.69) is 4.98 Å². The average molecular weight is 301 g/mol. The lowest BCUT2D eigenvalue weighted by atomic mass is 10.1. The van der Waals surface area contributed by atoms with Crippen molar-refractivity contribution in [2.75, 3.05) is 13.2 Å². The van der Waals surface area contributed by atoms with Crippen molar-refractivity contribution < 1.29 is 19.7 Å². The number of nitrogens with zero attached hydrogens (tertiary/aromatic N) is 1. The zero-order valence-corrected chi connectivity index (χ0v) is 11.5. The molecule has 2 heterocycles. The molecule has 0 bridgehead atoms. The van der Waals surface area contributed by atoms with Crippen molar-refractivity contribution in [3.63, 3.8) is 0 Å². The topological polar surface area (TPSA) is 140 Å². The van der Waals surface area contributed by atoms with E-state index >= 15 is 0 Å². The number of rotatable bonds is 5. The molecule has 0 saturated carbocycles. The van der Waals surface area contributed by atoms with E-state index in [1.165, 1.54) is 6.20 Å². The minimum absolute atomic E-state index is 0.0361. The van der Waals surface area contributed by atoms with Crippen LogP contribution in [0, 0.1) is 0 Å². The fourth-order valence-corrected chi connectivity index (χ4v) is 2.09. The first-order chi connectivity index (χ1) is 9.90. The molecule has 1 fully saturated rings. The van der Waals surface area contributed by atoms with Crippen molar-refractivity contribution in [1.82, 2.24) is 9.55 Å². The summed E-state index contributed by atoms with van der Waals surface area (Å²) >= 11 is 0. The average Bonchev–Trinajstić information content (AvgIpc) is 2.67. The monoisotopic (exact) mass is 301 g/mol. The molecule has 0 spiro atoms. The molecule has 2 rings (SSSR count). The van der Waals surface area contributed by atoms with E-state index in [0.29, 0.717) is 0 Å². The van der Waals surface area contributed by atoms with Crippen molar-refractivity contribution in [2.24, 2.45) is 5.73 Å². The quantitative estimate of drug-likeness (QED) is 0.472. The molecule has 9 nitrogen and oxygen atoms in total. The summed E-state index contributed by atoms with van der Waals surface area (Å²) in [5, 5.41) is 19.9. The maximum absolute atomic E-state index is 11.7. The third kappa shape index (κ3) is 3.57. The molecular formula is C12H19N3O6. The fraction of sp³-hybridized carbons (Fsp3) is 0.667. The number of aliphatic hydroxyl groups is 2. The van der Waals surface area contributed by atoms with Crippen LogP contribution in [0.5, 0.6) is 0 Å². The second-order valence-corrected chi connectivity index (χ2v) is 5.08. The molecule has 1 aromatic heterocycles. The van der Waals surface area contributed by atoms with Crippen LogP contribution < -0.4 is 17.0 Å². The van der Waals surface area contributed by atoms with E-state index in [9.17, 15) is 19.8 Å². The van der Waals surface area contributed by atoms with Crippen LogP contribution in [0.3, 0.4) is 0 Å². The van der Waals surface area contributed by atoms with Crippen LogP contribution in [-0.2, 0) is 9.47 Å². The Balaban J connectivity index is 2.08. The zero-order valence-electron chi connectivity index (χ0n) is 11.5. The number of hydrogen-bond acceptors (Lipinski definition) is 7. The highest BCUT2D eigenvalue weighted by Crippen LogP contribution is 2.28. The molecule has 0 radical (unpaired) electrons. The lowest BCUT2D eigenvalue weighted by Crippen LogP contribution is -2.37. The SMILES string of the molecule is CC(N)COC[C@H]1O[C@@H](n2ccc(=O)[nH]c2=O)[C@H](O)[C@@H]1O. The summed E-state index contributed by atoms with van der Waals surface area (Å²) < 4.78 is 11.7. The number of nitrogens with two attached hydrogens (primary N) is 1. The summed E-state index contributed by atoms with van der Waals surface area (Å²) in [5.41, 5.74) is 4.25. The maximum Gasteiger partial charge on any atom is 0.330 e. The molecule has 1 aliphatic rings. The normalized spacial score (nSPS) is 30.5. The molecule has 0 aliphatic carbocycles. The van der Waals surface area contributed by atoms with Gasteiger partial charge in [0.15, 0.2) is 6.23 Å². The highest BCUT2D eigenvalue weighted by Gasteiger charge is 2.44. The van der Waals surface area contributed by atoms with Gasteiger partial charge in [-0.2, -0.15) is 0 Å². The summed E-state index contributed by atoms with van der Waals surface area (Å²) in [7, 11) is 0. The molecule has 1 aromatic rings. The van der Waals surface area contributed by atoms with Gasteiger partial charge in [0.25, 0.3) is 5.56 Å². The van der Waals surface area contributed by atoms with Gasteiger partial charge in [-0.3, -0.25) is 14.3 Å². The predicted molar refractivity (Wildman–Crippen MR) is 71.7 cm³/mol. The van der Waals surface area contributed by atoms with Gasteiger partial charge in [0.05, 0.1) is 13.2 Å². The summed E-state index contributed by atoms with van der Waals surface area (Å²) in [4.78, 5) is 24.8. The summed E-state index contributed by atoms with van der Waals surface area (Å²) in [6.45, 7) is 2.09. The molecule has 21 heavy (non-hydrogen) atoms. The second-order valence-electron chi connectivity index (χ2n) is 5.08. The first kappa shape index (κ1) is 15.9. The Morgan fingerprint density at radius 2 is 2.19 bits per heavy atom. The van der Waals surface area contributed by atoms with E-state index in [1.54, 1.807) is 6.92 Å². The van der Waals surface area contributed by atoms with E-state index in [0.717, 1.165) is 10.6 Å². The van der Waals surface area contributed by atoms with Gasteiger partial charge in [0, 0.05) is 18.3 Å². The molecular weight excluding hydrogens is 282 g/mol. The highest BCUT2D eigenvalue weighted by atomic mass is 16.6. The highest BCUT2D eigenvalue weighted by molar-refractivity contribution is 4.93. The van der Waals surface area contributed by atoms with Crippen LogP contribution in [0.15, 0.2) is 21.9 Å². The van der Waals surface area contributed by atoms with Crippen LogP contribution >= 0.6 is 0 Å². The van der Waals surface area contributed by atoms with Gasteiger partial charge in [-0.25, -0.2) is 4.79 Å². The van der Waals surface area contributed by atoms with Gasteiger partial charge in [-0.15, -0.1) is 0 Å². The standard InChI is InChI=1S/C12H19N3O6/c1-6(13)4-20-5-7-9(17)10(18)11(21-7)15-3-2-8(16)14-12(15)19/h2-3,6-7,9-11,17-18H,4-5,13H2,1H3,(H,14,16,19)/t6?,7-,9-,10-,11-/m1/s1. The second kappa shape index (κ2) is 6.50. The molecule has 1 aliphatic heterocycles. The van der Waals surface area contributed by atoms with E-state index in [4.69, 9.17) is 15.2 Å². The first-order valence-corrected chi connectivity index (χ1v) is 6.56. The number of aromatic nitrogens is 2. The third-order valence-corrected chi connectivity index (χ3v) is 3.13. The Kier molecular flexibility index (Phi) is 4.91. The summed E-state index contributed by atoms with van der Waals surface area (Å²) in [5.74, 6) is 0. The minimum Gasteiger partial charge on any atom is -0.387 e. The molecule has 1 saturated heterocycles. The van der Waals surface area contributed by atoms with Gasteiger partial charge >= 0.3 is 5.69 Å². The minimum atomic E-state index is -1.31. The number of aromatic amines is 1. The Hall–Kier alpha value is -1.52. The van der Waals surface area contributed by atoms with Crippen molar-refractivity contribution in [2.45, 2.75) is 37.5 Å². The third-order valence-electron chi connectivity index (χ3n) is 3.13. The van der Waals surface area contributed by atoms with Crippen LogP contribution in [0.1, 0.15) is 13.2 Å². The number of ether oxygens (including phenoxy) is 2. The smallest absolute Gasteiger partial charge is 0.330 e. The van der Waals surface area contributed by atoms with Crippen molar-refractivity contribution in [3.8, 4) is 0 Å². The molecule has 5 atom stereocenters. The van der Waals surface area contributed by atoms with Crippen molar-refractivity contribution in [1.29, 1.82) is 0 Å². The first-order valence-electron chi connectivity index (χ1n) is 6.56. The number of aliphatic hydroxyl groups excluding tert-OH is 2. The van der Waals surface area contributed by atoms with Crippen LogP contribution in [0.25, 0.3) is 0 Å². The molecule has 5 N–H and O–H groups in total. The summed E-state index contributed by atoms with van der Waals surface area (Å²) in [6.07, 6.45) is -3.19. The van der Waals surface area contributed by atoms with Gasteiger partial charge in [0.1, 0.15) is 18.3 Å². The molecule has 1 unspecified atom stereocenters. The Labute approximate surface area is 119 Å². The molecule has 0 amide bonds. The van der Waals surface area contributed by atoms with Gasteiger partial charge in [0.2, 0.25) is 0 Å². The van der Waals surface area contributed by atoms with Gasteiger partial charge in [-0.05, 0) is 6.92 Å². The predicted octanol–water partition coefficient (Wildman–Crippen LogP) is -2.48. The van der Waals surface area contributed by atoms with Crippen LogP contribution in [0.2, 0.25) is 0 Å². The van der Waals surface area contributed by atoms with Crippen LogP contribution in [0.4, 0.5) is 0 Å². The number of nitrogens with one attached hydrogen (secondary N) is 1. The number of H-pyrrole nitrogens is 1. The van der Waals surface area contributed by atoms with Crippen molar-refractivity contribution in [3.05, 3.63) is 33.1 Å². The molecule has 118 valence electrons. The maximum atomic E-state index is 11.7. The lowest BCUT2D eigenvalue weighted by Gasteiger charge is -2.16. The van der Waals surface area contributed by atoms with Crippen molar-refractivity contribution >= 4 is 0 Å². The Morgan fingerprint density at radius 3 is 2.81 bits per heavy atom. The number of hydrogen-bond donors (Lipinski definition) is 4. The van der Waals surface area contributed by atoms with Crippen LogP contribution in [-0.4, -0.2) is 57.3 Å². The molecule has 9 heteroatoms. The Bertz CT molecular complexity index is 583.